The van der Waals surface area contributed by atoms with Gasteiger partial charge < -0.3 is 11.1 Å². The SMILES string of the molecule is CNC(N)=O.O=S(=O)(O)c1ccccc1-n1nnc(=S)[nH]1.S=c1nn[nH]n1-c1c[c-]ccc1.[Na+]. The van der Waals surface area contributed by atoms with Crippen LogP contribution >= 0.6 is 24.4 Å². The number of nitrogens with one attached hydrogen (secondary N) is 3. The third kappa shape index (κ3) is 8.86. The molecule has 0 unspecified atom stereocenters. The molecule has 14 nitrogen and oxygen atoms in total. The first kappa shape index (κ1) is 29.2. The van der Waals surface area contributed by atoms with Crippen molar-refractivity contribution >= 4 is 40.6 Å². The number of nitrogens with zero attached hydrogens (tertiary/aromatic N) is 6. The van der Waals surface area contributed by atoms with Gasteiger partial charge in [-0.05, 0) is 47.5 Å². The number of carbonyl (C=O) groups excluding carboxylic acids is 1. The van der Waals surface area contributed by atoms with Crippen LogP contribution in [0.5, 0.6) is 0 Å². The van der Waals surface area contributed by atoms with Gasteiger partial charge in [0.15, 0.2) is 0 Å². The maximum Gasteiger partial charge on any atom is 1.00 e. The van der Waals surface area contributed by atoms with Crippen LogP contribution in [0.15, 0.2) is 53.4 Å². The summed E-state index contributed by atoms with van der Waals surface area (Å²) in [5.41, 5.74) is 5.57. The van der Waals surface area contributed by atoms with Gasteiger partial charge in [0.2, 0.25) is 9.54 Å². The van der Waals surface area contributed by atoms with E-state index in [2.05, 4.69) is 48.1 Å². The predicted molar refractivity (Wildman–Crippen MR) is 120 cm³/mol. The number of hydrogen-bond donors (Lipinski definition) is 5. The van der Waals surface area contributed by atoms with Gasteiger partial charge in [0.05, 0.1) is 0 Å². The van der Waals surface area contributed by atoms with Crippen molar-refractivity contribution in [3.8, 4) is 11.4 Å². The molecule has 0 aliphatic rings. The molecule has 2 aromatic heterocycles. The zero-order valence-electron chi connectivity index (χ0n) is 17.8. The maximum atomic E-state index is 11.1. The molecule has 0 saturated carbocycles. The molecule has 0 aliphatic carbocycles. The Hall–Kier alpha value is -2.80. The van der Waals surface area contributed by atoms with Crippen LogP contribution in [0.3, 0.4) is 0 Å². The molecule has 2 heterocycles. The van der Waals surface area contributed by atoms with Gasteiger partial charge in [-0.3, -0.25) is 9.23 Å². The average molecular weight is 533 g/mol. The molecule has 4 aromatic rings. The van der Waals surface area contributed by atoms with Crippen molar-refractivity contribution in [1.82, 2.24) is 45.7 Å². The van der Waals surface area contributed by atoms with E-state index in [1.807, 2.05) is 18.2 Å². The molecule has 0 saturated heterocycles. The Morgan fingerprint density at radius 2 is 1.88 bits per heavy atom. The minimum Gasteiger partial charge on any atom is -0.352 e. The van der Waals surface area contributed by atoms with Gasteiger partial charge in [-0.2, -0.15) is 37.5 Å². The van der Waals surface area contributed by atoms with Gasteiger partial charge in [0, 0.05) is 7.05 Å². The fourth-order valence-corrected chi connectivity index (χ4v) is 3.05. The molecule has 34 heavy (non-hydrogen) atoms. The summed E-state index contributed by atoms with van der Waals surface area (Å²) in [5.74, 6) is 0. The quantitative estimate of drug-likeness (QED) is 0.0848. The summed E-state index contributed by atoms with van der Waals surface area (Å²) in [4.78, 5) is 10.3. The summed E-state index contributed by atoms with van der Waals surface area (Å²) in [6.45, 7) is 0. The van der Waals surface area contributed by atoms with Crippen LogP contribution in [-0.2, 0) is 10.1 Å². The third-order valence-electron chi connectivity index (χ3n) is 3.46. The molecular formula is C16H17N10NaO4S3. The first-order valence-electron chi connectivity index (χ1n) is 8.66. The number of rotatable bonds is 3. The summed E-state index contributed by atoms with van der Waals surface area (Å²) >= 11 is 9.62. The molecule has 0 spiro atoms. The molecule has 0 bridgehead atoms. The normalized spacial score (nSPS) is 9.94. The van der Waals surface area contributed by atoms with Crippen LogP contribution < -0.4 is 40.6 Å². The number of aromatic amines is 2. The van der Waals surface area contributed by atoms with Crippen LogP contribution in [0, 0.1) is 15.6 Å². The molecule has 2 amide bonds. The monoisotopic (exact) mass is 532 g/mol. The van der Waals surface area contributed by atoms with E-state index in [4.69, 9.17) is 29.0 Å². The number of tetrazole rings is 2. The van der Waals surface area contributed by atoms with Crippen molar-refractivity contribution in [1.29, 1.82) is 0 Å². The predicted octanol–water partition coefficient (Wildman–Crippen LogP) is -2.01. The van der Waals surface area contributed by atoms with Crippen LogP contribution in [0.4, 0.5) is 4.79 Å². The molecule has 174 valence electrons. The van der Waals surface area contributed by atoms with E-state index in [1.54, 1.807) is 16.8 Å². The first-order chi connectivity index (χ1) is 15.6. The Morgan fingerprint density at radius 1 is 1.21 bits per heavy atom. The molecule has 18 heteroatoms. The number of benzene rings is 2. The second-order valence-electron chi connectivity index (χ2n) is 5.65. The zero-order valence-corrected chi connectivity index (χ0v) is 22.2. The van der Waals surface area contributed by atoms with Gasteiger partial charge in [0.25, 0.3) is 10.1 Å². The van der Waals surface area contributed by atoms with Crippen LogP contribution in [0.25, 0.3) is 11.4 Å². The number of urea groups is 1. The Labute approximate surface area is 225 Å². The topological polar surface area (TPSA) is 202 Å². The number of primary amides is 1. The summed E-state index contributed by atoms with van der Waals surface area (Å²) in [6, 6.07) is 15.6. The summed E-state index contributed by atoms with van der Waals surface area (Å²) in [6.07, 6.45) is 0. The van der Waals surface area contributed by atoms with Gasteiger partial charge in [-0.1, -0.05) is 27.5 Å². The number of hydrogen-bond acceptors (Lipinski definition) is 9. The van der Waals surface area contributed by atoms with E-state index < -0.39 is 16.1 Å². The van der Waals surface area contributed by atoms with Crippen molar-refractivity contribution in [2.45, 2.75) is 4.90 Å². The first-order valence-corrected chi connectivity index (χ1v) is 10.9. The molecule has 4 rings (SSSR count). The fraction of sp³-hybridized carbons (Fsp3) is 0.0625. The second kappa shape index (κ2) is 13.8. The van der Waals surface area contributed by atoms with Crippen molar-refractivity contribution in [2.75, 3.05) is 7.05 Å². The molecule has 0 atom stereocenters. The van der Waals surface area contributed by atoms with E-state index in [0.29, 0.717) is 4.77 Å². The van der Waals surface area contributed by atoms with Crippen molar-refractivity contribution in [2.24, 2.45) is 5.73 Å². The van der Waals surface area contributed by atoms with Crippen molar-refractivity contribution in [3.63, 3.8) is 0 Å². The zero-order chi connectivity index (χ0) is 24.4. The summed E-state index contributed by atoms with van der Waals surface area (Å²) < 4.78 is 33.3. The Bertz CT molecular complexity index is 1420. The summed E-state index contributed by atoms with van der Waals surface area (Å²) in [5, 5.41) is 21.7. The smallest absolute Gasteiger partial charge is 0.352 e. The summed E-state index contributed by atoms with van der Waals surface area (Å²) in [7, 11) is -2.84. The second-order valence-corrected chi connectivity index (χ2v) is 7.80. The standard InChI is InChI=1S/C7H6N4O3S2.C7H5N4S.C2H6N2O.Na/c12-16(13,14)6-4-2-1-3-5(6)11-9-7(15)8-10-11;12-7-8-9-10-11(7)6-4-2-1-3-5-6;1-4-2(3)5;/h1-4H,(H,9,15)(H,12,13,14);1-2,4-5H,(H,8,10,12);1H3,(H3,3,4,5);/q;-1;;+1. The van der Waals surface area contributed by atoms with E-state index in [1.165, 1.54) is 25.2 Å². The van der Waals surface area contributed by atoms with Gasteiger partial charge in [0.1, 0.15) is 10.6 Å². The molecule has 6 N–H and O–H groups in total. The van der Waals surface area contributed by atoms with Crippen LogP contribution in [0.1, 0.15) is 0 Å². The minimum absolute atomic E-state index is 0. The number of H-pyrrole nitrogens is 2. The number of nitrogens with two attached hydrogens (primary N) is 1. The molecular weight excluding hydrogens is 515 g/mol. The number of para-hydroxylation sites is 1. The molecule has 0 radical (unpaired) electrons. The van der Waals surface area contributed by atoms with Gasteiger partial charge in [-0.25, -0.2) is 15.1 Å². The number of aromatic nitrogens is 8. The van der Waals surface area contributed by atoms with Crippen LogP contribution in [-0.4, -0.2) is 66.5 Å². The van der Waals surface area contributed by atoms with Crippen molar-refractivity contribution in [3.05, 3.63) is 64.1 Å². The average Bonchev–Trinajstić information content (AvgIpc) is 3.43. The minimum atomic E-state index is -4.31. The number of amides is 2. The Kier molecular flexibility index (Phi) is 11.9. The maximum absolute atomic E-state index is 11.1. The third-order valence-corrected chi connectivity index (χ3v) is 4.80. The molecule has 0 aliphatic heterocycles. The fourth-order valence-electron chi connectivity index (χ4n) is 2.07. The molecule has 0 fully saturated rings. The van der Waals surface area contributed by atoms with Gasteiger partial charge >= 0.3 is 35.6 Å². The van der Waals surface area contributed by atoms with E-state index in [9.17, 15) is 13.2 Å². The largest absolute Gasteiger partial charge is 1.00 e. The Morgan fingerprint density at radius 3 is 2.35 bits per heavy atom. The molecule has 2 aromatic carbocycles. The van der Waals surface area contributed by atoms with E-state index >= 15 is 0 Å². The Balaban J connectivity index is 0.000000284. The number of carbonyl (C=O) groups is 1. The van der Waals surface area contributed by atoms with E-state index in [0.717, 1.165) is 10.5 Å². The van der Waals surface area contributed by atoms with Gasteiger partial charge in [-0.15, -0.1) is 6.07 Å². The van der Waals surface area contributed by atoms with Crippen LogP contribution in [0.2, 0.25) is 0 Å². The van der Waals surface area contributed by atoms with E-state index in [-0.39, 0.29) is 44.9 Å². The van der Waals surface area contributed by atoms with Crippen molar-refractivity contribution < 1.29 is 47.3 Å².